The van der Waals surface area contributed by atoms with Crippen LogP contribution in [0.1, 0.15) is 62.1 Å². The van der Waals surface area contributed by atoms with Crippen molar-refractivity contribution < 1.29 is 0 Å². The number of imidazole rings is 2. The third kappa shape index (κ3) is 4.17. The molecule has 1 saturated heterocycles. The van der Waals surface area contributed by atoms with Gasteiger partial charge in [-0.2, -0.15) is 0 Å². The van der Waals surface area contributed by atoms with E-state index < -0.39 is 0 Å². The van der Waals surface area contributed by atoms with E-state index in [0.29, 0.717) is 28.7 Å². The summed E-state index contributed by atoms with van der Waals surface area (Å²) in [5.74, 6) is 3.12. The maximum Gasteiger partial charge on any atom is 0.259 e. The molecule has 8 nitrogen and oxygen atoms in total. The summed E-state index contributed by atoms with van der Waals surface area (Å²) in [4.78, 5) is 36.9. The van der Waals surface area contributed by atoms with Crippen molar-refractivity contribution in [3.63, 3.8) is 0 Å². The Morgan fingerprint density at radius 3 is 2.22 bits per heavy atom. The number of nitrogens with one attached hydrogen (secondary N) is 4. The highest BCUT2D eigenvalue weighted by Crippen LogP contribution is 2.33. The molecule has 0 unspecified atom stereocenters. The van der Waals surface area contributed by atoms with Crippen LogP contribution in [0.15, 0.2) is 59.7 Å². The normalized spacial score (nSPS) is 18.2. The zero-order valence-corrected chi connectivity index (χ0v) is 20.6. The molecule has 1 aliphatic heterocycles. The number of rotatable bonds is 5. The molecular weight excluding hydrogens is 462 g/mol. The van der Waals surface area contributed by atoms with Crippen LogP contribution >= 0.6 is 0 Å². The van der Waals surface area contributed by atoms with Crippen LogP contribution in [0.4, 0.5) is 0 Å². The van der Waals surface area contributed by atoms with Crippen molar-refractivity contribution in [1.82, 2.24) is 35.2 Å². The Labute approximate surface area is 214 Å². The average molecular weight is 492 g/mol. The van der Waals surface area contributed by atoms with Crippen LogP contribution in [-0.4, -0.2) is 36.4 Å². The zero-order chi connectivity index (χ0) is 24.8. The van der Waals surface area contributed by atoms with Crippen molar-refractivity contribution in [1.29, 1.82) is 0 Å². The summed E-state index contributed by atoms with van der Waals surface area (Å²) in [5.41, 5.74) is 5.29. The lowest BCUT2D eigenvalue weighted by atomic mass is 10.1. The number of H-pyrrole nitrogens is 3. The van der Waals surface area contributed by atoms with Crippen LogP contribution < -0.4 is 10.9 Å². The predicted octanol–water partition coefficient (Wildman–Crippen LogP) is 5.45. The Morgan fingerprint density at radius 2 is 1.43 bits per heavy atom. The monoisotopic (exact) mass is 491 g/mol. The van der Waals surface area contributed by atoms with Gasteiger partial charge in [0.2, 0.25) is 0 Å². The average Bonchev–Trinajstić information content (AvgIpc) is 3.75. The van der Waals surface area contributed by atoms with Gasteiger partial charge in [-0.15, -0.1) is 0 Å². The van der Waals surface area contributed by atoms with Crippen molar-refractivity contribution in [3.8, 4) is 33.9 Å². The Bertz CT molecular complexity index is 1620. The van der Waals surface area contributed by atoms with E-state index in [1.165, 1.54) is 32.1 Å². The number of fused-ring (bicyclic) bond motifs is 1. The molecule has 4 heterocycles. The van der Waals surface area contributed by atoms with Crippen molar-refractivity contribution in [3.05, 3.63) is 76.9 Å². The number of hydrogen-bond donors (Lipinski definition) is 4. The van der Waals surface area contributed by atoms with E-state index in [2.05, 4.69) is 30.2 Å². The first kappa shape index (κ1) is 22.2. The van der Waals surface area contributed by atoms with Crippen molar-refractivity contribution in [2.75, 3.05) is 6.54 Å². The standard InChI is InChI=1S/C29H29N7O/c37-29-21-14-20(25-16-31-26(34-25)18-4-1-2-5-18)11-12-22(21)33-27(36-29)19-9-7-17(8-10-19)24-15-32-28(35-24)23-6-3-13-30-23/h7-12,14-16,18,23,30H,1-6,13H2,(H,31,34)(H,32,35)(H,33,36,37)/t23-/m0/s1. The third-order valence-electron chi connectivity index (χ3n) is 7.81. The molecular formula is C29H29N7O. The fourth-order valence-corrected chi connectivity index (χ4v) is 5.72. The highest BCUT2D eigenvalue weighted by atomic mass is 16.1. The summed E-state index contributed by atoms with van der Waals surface area (Å²) in [6, 6.07) is 14.1. The molecule has 37 heavy (non-hydrogen) atoms. The molecule has 1 aliphatic carbocycles. The second kappa shape index (κ2) is 9.12. The van der Waals surface area contributed by atoms with Gasteiger partial charge < -0.3 is 20.3 Å². The Balaban J connectivity index is 1.15. The summed E-state index contributed by atoms with van der Waals surface area (Å²) in [7, 11) is 0. The van der Waals surface area contributed by atoms with Gasteiger partial charge in [-0.1, -0.05) is 43.2 Å². The van der Waals surface area contributed by atoms with Gasteiger partial charge >= 0.3 is 0 Å². The lowest BCUT2D eigenvalue weighted by Gasteiger charge is -2.07. The molecule has 2 aromatic carbocycles. The summed E-state index contributed by atoms with van der Waals surface area (Å²) in [5, 5.41) is 4.04. The van der Waals surface area contributed by atoms with E-state index >= 15 is 0 Å². The highest BCUT2D eigenvalue weighted by Gasteiger charge is 2.21. The fourth-order valence-electron chi connectivity index (χ4n) is 5.72. The Kier molecular flexibility index (Phi) is 5.47. The van der Waals surface area contributed by atoms with Crippen LogP contribution in [0.5, 0.6) is 0 Å². The smallest absolute Gasteiger partial charge is 0.259 e. The molecule has 0 bridgehead atoms. The molecule has 7 rings (SSSR count). The lowest BCUT2D eigenvalue weighted by molar-refractivity contribution is 0.613. The minimum Gasteiger partial charge on any atom is -0.342 e. The van der Waals surface area contributed by atoms with Crippen molar-refractivity contribution in [2.45, 2.75) is 50.5 Å². The number of hydrogen-bond acceptors (Lipinski definition) is 5. The maximum atomic E-state index is 13.0. The number of nitrogens with zero attached hydrogens (tertiary/aromatic N) is 3. The molecule has 1 saturated carbocycles. The van der Waals surface area contributed by atoms with Gasteiger partial charge in [0.05, 0.1) is 40.7 Å². The van der Waals surface area contributed by atoms with Gasteiger partial charge in [0.25, 0.3) is 5.56 Å². The van der Waals surface area contributed by atoms with Gasteiger partial charge in [0, 0.05) is 17.0 Å². The first-order chi connectivity index (χ1) is 18.2. The Hall–Kier alpha value is -4.04. The minimum absolute atomic E-state index is 0.149. The van der Waals surface area contributed by atoms with E-state index in [4.69, 9.17) is 4.98 Å². The second-order valence-electron chi connectivity index (χ2n) is 10.2. The van der Waals surface area contributed by atoms with Gasteiger partial charge in [-0.3, -0.25) is 4.79 Å². The summed E-state index contributed by atoms with van der Waals surface area (Å²) in [6.45, 7) is 1.04. The largest absolute Gasteiger partial charge is 0.342 e. The third-order valence-corrected chi connectivity index (χ3v) is 7.81. The molecule has 3 aromatic heterocycles. The van der Waals surface area contributed by atoms with Crippen LogP contribution in [0, 0.1) is 0 Å². The number of aromatic nitrogens is 6. The second-order valence-corrected chi connectivity index (χ2v) is 10.2. The lowest BCUT2D eigenvalue weighted by Crippen LogP contribution is -2.14. The van der Waals surface area contributed by atoms with Crippen LogP contribution in [-0.2, 0) is 0 Å². The molecule has 2 fully saturated rings. The van der Waals surface area contributed by atoms with E-state index in [0.717, 1.165) is 52.7 Å². The SMILES string of the molecule is O=c1[nH]c(-c2ccc(-c3cnc([C@@H]4CCCN4)[nH]3)cc2)nc2ccc(-c3cnc(C4CCCC4)[nH]3)cc12. The topological polar surface area (TPSA) is 115 Å². The summed E-state index contributed by atoms with van der Waals surface area (Å²) < 4.78 is 0. The van der Waals surface area contributed by atoms with Gasteiger partial charge in [-0.25, -0.2) is 15.0 Å². The summed E-state index contributed by atoms with van der Waals surface area (Å²) >= 11 is 0. The molecule has 8 heteroatoms. The summed E-state index contributed by atoms with van der Waals surface area (Å²) in [6.07, 6.45) is 11.0. The maximum absolute atomic E-state index is 13.0. The van der Waals surface area contributed by atoms with Gasteiger partial charge in [0.1, 0.15) is 17.5 Å². The minimum atomic E-state index is -0.149. The first-order valence-electron chi connectivity index (χ1n) is 13.2. The highest BCUT2D eigenvalue weighted by molar-refractivity contribution is 5.84. The van der Waals surface area contributed by atoms with E-state index in [1.54, 1.807) is 0 Å². The first-order valence-corrected chi connectivity index (χ1v) is 13.2. The van der Waals surface area contributed by atoms with E-state index in [9.17, 15) is 4.79 Å². The predicted molar refractivity (Wildman–Crippen MR) is 144 cm³/mol. The molecule has 2 aliphatic rings. The molecule has 0 amide bonds. The molecule has 186 valence electrons. The quantitative estimate of drug-likeness (QED) is 0.261. The Morgan fingerprint density at radius 1 is 0.730 bits per heavy atom. The number of aromatic amines is 3. The van der Waals surface area contributed by atoms with E-state index in [1.807, 2.05) is 54.9 Å². The van der Waals surface area contributed by atoms with Crippen LogP contribution in [0.25, 0.3) is 44.8 Å². The molecule has 1 atom stereocenters. The molecule has 0 spiro atoms. The molecule has 0 radical (unpaired) electrons. The van der Waals surface area contributed by atoms with E-state index in [-0.39, 0.29) is 5.56 Å². The van der Waals surface area contributed by atoms with Crippen LogP contribution in [0.2, 0.25) is 0 Å². The fraction of sp³-hybridized carbons (Fsp3) is 0.310. The van der Waals surface area contributed by atoms with Crippen molar-refractivity contribution >= 4 is 10.9 Å². The number of benzene rings is 2. The molecule has 5 aromatic rings. The van der Waals surface area contributed by atoms with Crippen molar-refractivity contribution in [2.24, 2.45) is 0 Å². The van der Waals surface area contributed by atoms with Crippen LogP contribution in [0.3, 0.4) is 0 Å². The molecule has 4 N–H and O–H groups in total. The zero-order valence-electron chi connectivity index (χ0n) is 20.6. The van der Waals surface area contributed by atoms with Gasteiger partial charge in [-0.05, 0) is 49.9 Å². The van der Waals surface area contributed by atoms with Gasteiger partial charge in [0.15, 0.2) is 0 Å².